The van der Waals surface area contributed by atoms with Gasteiger partial charge in [0, 0.05) is 45.2 Å². The van der Waals surface area contributed by atoms with Crippen LogP contribution in [0.25, 0.3) is 0 Å². The summed E-state index contributed by atoms with van der Waals surface area (Å²) in [4.78, 5) is 16.8. The Kier molecular flexibility index (Phi) is 6.70. The maximum atomic E-state index is 12.3. The standard InChI is InChI=1S/C21H38N2O4/c1-20(2,3)27-19(24)23-11-8-21(4,16-23)15-22-9-5-18(6-10-22)26-14-17-7-12-25-13-17/h17-18H,5-16H2,1-4H3/t17-,21+/m0/s1. The number of carbonyl (C=O) groups excluding carboxylic acids is 1. The minimum atomic E-state index is -0.428. The topological polar surface area (TPSA) is 51.2 Å². The zero-order valence-corrected chi connectivity index (χ0v) is 17.7. The fourth-order valence-electron chi connectivity index (χ4n) is 4.40. The van der Waals surface area contributed by atoms with E-state index in [-0.39, 0.29) is 11.5 Å². The molecule has 1 amide bonds. The minimum Gasteiger partial charge on any atom is -0.444 e. The molecule has 0 saturated carbocycles. The molecule has 3 rings (SSSR count). The van der Waals surface area contributed by atoms with Crippen molar-refractivity contribution in [2.45, 2.75) is 65.1 Å². The highest BCUT2D eigenvalue weighted by Crippen LogP contribution is 2.33. The molecule has 0 spiro atoms. The number of hydrogen-bond acceptors (Lipinski definition) is 5. The quantitative estimate of drug-likeness (QED) is 0.731. The lowest BCUT2D eigenvalue weighted by atomic mass is 9.88. The minimum absolute atomic E-state index is 0.159. The molecule has 0 aromatic heterocycles. The molecule has 0 aromatic carbocycles. The third-order valence-corrected chi connectivity index (χ3v) is 5.94. The zero-order valence-electron chi connectivity index (χ0n) is 17.7. The van der Waals surface area contributed by atoms with Gasteiger partial charge in [0.25, 0.3) is 0 Å². The summed E-state index contributed by atoms with van der Waals surface area (Å²) in [7, 11) is 0. The summed E-state index contributed by atoms with van der Waals surface area (Å²) >= 11 is 0. The van der Waals surface area contributed by atoms with Crippen LogP contribution in [0.4, 0.5) is 4.79 Å². The first-order valence-electron chi connectivity index (χ1n) is 10.6. The second-order valence-corrected chi connectivity index (χ2v) is 10.0. The fraction of sp³-hybridized carbons (Fsp3) is 0.952. The summed E-state index contributed by atoms with van der Waals surface area (Å²) in [6.45, 7) is 15.5. The van der Waals surface area contributed by atoms with Crippen molar-refractivity contribution >= 4 is 6.09 Å². The van der Waals surface area contributed by atoms with Gasteiger partial charge in [-0.3, -0.25) is 0 Å². The Labute approximate surface area is 164 Å². The monoisotopic (exact) mass is 382 g/mol. The molecule has 0 aliphatic carbocycles. The molecule has 0 radical (unpaired) electrons. The average Bonchev–Trinajstić information content (AvgIpc) is 3.23. The van der Waals surface area contributed by atoms with Crippen LogP contribution in [-0.2, 0) is 14.2 Å². The third kappa shape index (κ3) is 6.33. The Morgan fingerprint density at radius 3 is 2.56 bits per heavy atom. The maximum absolute atomic E-state index is 12.3. The van der Waals surface area contributed by atoms with Gasteiger partial charge >= 0.3 is 6.09 Å². The number of piperidine rings is 1. The van der Waals surface area contributed by atoms with Crippen molar-refractivity contribution in [2.75, 3.05) is 52.5 Å². The lowest BCUT2D eigenvalue weighted by molar-refractivity contribution is -0.0162. The molecule has 6 heteroatoms. The molecule has 3 heterocycles. The summed E-state index contributed by atoms with van der Waals surface area (Å²) in [5.41, 5.74) is -0.269. The molecule has 0 unspecified atom stereocenters. The van der Waals surface area contributed by atoms with Gasteiger partial charge in [0.1, 0.15) is 5.60 Å². The van der Waals surface area contributed by atoms with Crippen LogP contribution >= 0.6 is 0 Å². The summed E-state index contributed by atoms with van der Waals surface area (Å²) < 4.78 is 17.1. The van der Waals surface area contributed by atoms with E-state index in [1.165, 1.54) is 0 Å². The molecular formula is C21H38N2O4. The Bertz CT molecular complexity index is 493. The molecule has 2 atom stereocenters. The highest BCUT2D eigenvalue weighted by atomic mass is 16.6. The van der Waals surface area contributed by atoms with Crippen molar-refractivity contribution in [2.24, 2.45) is 11.3 Å². The molecular weight excluding hydrogens is 344 g/mol. The highest BCUT2D eigenvalue weighted by Gasteiger charge is 2.39. The predicted octanol–water partition coefficient (Wildman–Crippen LogP) is 3.15. The van der Waals surface area contributed by atoms with Crippen LogP contribution in [0.1, 0.15) is 53.4 Å². The Morgan fingerprint density at radius 1 is 1.19 bits per heavy atom. The molecule has 3 aliphatic heterocycles. The second-order valence-electron chi connectivity index (χ2n) is 10.0. The Balaban J connectivity index is 1.37. The first-order valence-corrected chi connectivity index (χ1v) is 10.6. The lowest BCUT2D eigenvalue weighted by Crippen LogP contribution is -2.44. The van der Waals surface area contributed by atoms with E-state index in [2.05, 4.69) is 11.8 Å². The van der Waals surface area contributed by atoms with Gasteiger partial charge in [0.05, 0.1) is 19.3 Å². The van der Waals surface area contributed by atoms with Gasteiger partial charge in [-0.15, -0.1) is 0 Å². The normalized spacial score (nSPS) is 30.8. The van der Waals surface area contributed by atoms with Gasteiger partial charge in [-0.05, 0) is 51.9 Å². The molecule has 156 valence electrons. The average molecular weight is 383 g/mol. The van der Waals surface area contributed by atoms with Crippen molar-refractivity contribution < 1.29 is 19.0 Å². The van der Waals surface area contributed by atoms with E-state index in [4.69, 9.17) is 14.2 Å². The zero-order chi connectivity index (χ0) is 19.5. The van der Waals surface area contributed by atoms with Crippen LogP contribution in [0, 0.1) is 11.3 Å². The first kappa shape index (κ1) is 20.9. The van der Waals surface area contributed by atoms with E-state index in [1.807, 2.05) is 25.7 Å². The summed E-state index contributed by atoms with van der Waals surface area (Å²) in [6.07, 6.45) is 4.64. The molecule has 0 bridgehead atoms. The van der Waals surface area contributed by atoms with Gasteiger partial charge < -0.3 is 24.0 Å². The number of amides is 1. The number of likely N-dealkylation sites (tertiary alicyclic amines) is 2. The summed E-state index contributed by atoms with van der Waals surface area (Å²) in [6, 6.07) is 0. The van der Waals surface area contributed by atoms with E-state index < -0.39 is 5.60 Å². The molecule has 0 aromatic rings. The summed E-state index contributed by atoms with van der Waals surface area (Å²) in [5.74, 6) is 0.597. The van der Waals surface area contributed by atoms with E-state index in [0.29, 0.717) is 12.0 Å². The summed E-state index contributed by atoms with van der Waals surface area (Å²) in [5, 5.41) is 0. The third-order valence-electron chi connectivity index (χ3n) is 5.94. The van der Waals surface area contributed by atoms with Crippen molar-refractivity contribution in [3.63, 3.8) is 0 Å². The fourth-order valence-corrected chi connectivity index (χ4v) is 4.40. The van der Waals surface area contributed by atoms with Gasteiger partial charge in [0.2, 0.25) is 0 Å². The second kappa shape index (κ2) is 8.66. The van der Waals surface area contributed by atoms with Gasteiger partial charge in [-0.2, -0.15) is 0 Å². The van der Waals surface area contributed by atoms with Crippen molar-refractivity contribution in [1.29, 1.82) is 0 Å². The first-order chi connectivity index (χ1) is 12.7. The molecule has 3 fully saturated rings. The SMILES string of the molecule is CC(C)(C)OC(=O)N1CC[C@](C)(CN2CCC(OC[C@H]3CCOC3)CC2)C1. The number of nitrogens with zero attached hydrogens (tertiary/aromatic N) is 2. The van der Waals surface area contributed by atoms with E-state index in [9.17, 15) is 4.79 Å². The molecule has 6 nitrogen and oxygen atoms in total. The number of carbonyl (C=O) groups is 1. The molecule has 0 N–H and O–H groups in total. The molecule has 3 saturated heterocycles. The molecule has 3 aliphatic rings. The number of hydrogen-bond donors (Lipinski definition) is 0. The Hall–Kier alpha value is -0.850. The van der Waals surface area contributed by atoms with E-state index in [0.717, 1.165) is 78.2 Å². The highest BCUT2D eigenvalue weighted by molar-refractivity contribution is 5.68. The van der Waals surface area contributed by atoms with Crippen LogP contribution in [-0.4, -0.2) is 80.1 Å². The van der Waals surface area contributed by atoms with E-state index in [1.54, 1.807) is 0 Å². The van der Waals surface area contributed by atoms with Crippen LogP contribution < -0.4 is 0 Å². The maximum Gasteiger partial charge on any atom is 0.410 e. The van der Waals surface area contributed by atoms with E-state index >= 15 is 0 Å². The van der Waals surface area contributed by atoms with Crippen molar-refractivity contribution in [3.05, 3.63) is 0 Å². The van der Waals surface area contributed by atoms with Crippen LogP contribution in [0.5, 0.6) is 0 Å². The van der Waals surface area contributed by atoms with Crippen LogP contribution in [0.2, 0.25) is 0 Å². The van der Waals surface area contributed by atoms with Gasteiger partial charge in [0.15, 0.2) is 0 Å². The number of rotatable bonds is 5. The van der Waals surface area contributed by atoms with Gasteiger partial charge in [-0.1, -0.05) is 6.92 Å². The Morgan fingerprint density at radius 2 is 1.93 bits per heavy atom. The predicted molar refractivity (Wildman–Crippen MR) is 105 cm³/mol. The largest absolute Gasteiger partial charge is 0.444 e. The smallest absolute Gasteiger partial charge is 0.410 e. The number of ether oxygens (including phenoxy) is 3. The van der Waals surface area contributed by atoms with Crippen molar-refractivity contribution in [1.82, 2.24) is 9.80 Å². The van der Waals surface area contributed by atoms with Crippen LogP contribution in [0.15, 0.2) is 0 Å². The van der Waals surface area contributed by atoms with Crippen molar-refractivity contribution in [3.8, 4) is 0 Å². The molecule has 27 heavy (non-hydrogen) atoms. The van der Waals surface area contributed by atoms with Crippen LogP contribution in [0.3, 0.4) is 0 Å². The van der Waals surface area contributed by atoms with Gasteiger partial charge in [-0.25, -0.2) is 4.79 Å². The lowest BCUT2D eigenvalue weighted by Gasteiger charge is -2.37.